The molecule has 1 heterocycles. The summed E-state index contributed by atoms with van der Waals surface area (Å²) in [6.45, 7) is 1.43. The normalized spacial score (nSPS) is 23.7. The number of benzene rings is 1. The van der Waals surface area contributed by atoms with E-state index in [0.717, 1.165) is 5.56 Å². The number of carboxylic acids is 1. The molecule has 1 aliphatic heterocycles. The van der Waals surface area contributed by atoms with Crippen LogP contribution in [0.25, 0.3) is 0 Å². The zero-order chi connectivity index (χ0) is 12.4. The lowest BCUT2D eigenvalue weighted by Gasteiger charge is -2.27. The lowest BCUT2D eigenvalue weighted by molar-refractivity contribution is -0.148. The molecule has 0 unspecified atom stereocenters. The first-order valence-corrected chi connectivity index (χ1v) is 5.68. The first-order chi connectivity index (χ1) is 8.11. The van der Waals surface area contributed by atoms with Crippen LogP contribution in [0.1, 0.15) is 31.4 Å². The van der Waals surface area contributed by atoms with E-state index < -0.39 is 12.0 Å². The molecule has 1 aromatic carbocycles. The van der Waals surface area contributed by atoms with Crippen LogP contribution in [0.4, 0.5) is 0 Å². The number of amides is 1. The highest BCUT2D eigenvalue weighted by Gasteiger charge is 2.39. The second kappa shape index (κ2) is 4.57. The summed E-state index contributed by atoms with van der Waals surface area (Å²) in [5.74, 6) is -1.10. The Morgan fingerprint density at radius 2 is 1.88 bits per heavy atom. The largest absolute Gasteiger partial charge is 0.480 e. The molecule has 4 heteroatoms. The van der Waals surface area contributed by atoms with Crippen LogP contribution in [0.5, 0.6) is 0 Å². The highest BCUT2D eigenvalue weighted by Crippen LogP contribution is 2.36. The molecule has 2 atom stereocenters. The summed E-state index contributed by atoms with van der Waals surface area (Å²) in [5, 5.41) is 9.10. The van der Waals surface area contributed by atoms with Crippen LogP contribution in [0, 0.1) is 0 Å². The minimum atomic E-state index is -0.918. The van der Waals surface area contributed by atoms with Crippen LogP contribution in [-0.4, -0.2) is 27.9 Å². The fraction of sp³-hybridized carbons (Fsp3) is 0.385. The predicted molar refractivity (Wildman–Crippen MR) is 62.4 cm³/mol. The molecule has 1 fully saturated rings. The van der Waals surface area contributed by atoms with Crippen molar-refractivity contribution >= 4 is 11.9 Å². The van der Waals surface area contributed by atoms with Gasteiger partial charge in [0.05, 0.1) is 6.04 Å². The molecule has 0 bridgehead atoms. The zero-order valence-corrected chi connectivity index (χ0v) is 9.67. The van der Waals surface area contributed by atoms with Crippen molar-refractivity contribution in [1.82, 2.24) is 4.90 Å². The van der Waals surface area contributed by atoms with Crippen LogP contribution in [0.2, 0.25) is 0 Å². The fourth-order valence-corrected chi connectivity index (χ4v) is 2.49. The molecular weight excluding hydrogens is 218 g/mol. The molecule has 0 aromatic heterocycles. The third-order valence-electron chi connectivity index (χ3n) is 3.22. The van der Waals surface area contributed by atoms with Crippen LogP contribution in [-0.2, 0) is 9.59 Å². The summed E-state index contributed by atoms with van der Waals surface area (Å²) in [6.07, 6.45) is 1.23. The maximum atomic E-state index is 11.6. The first kappa shape index (κ1) is 11.6. The number of likely N-dealkylation sites (tertiary alicyclic amines) is 1. The zero-order valence-electron chi connectivity index (χ0n) is 9.67. The molecule has 2 rings (SSSR count). The molecule has 17 heavy (non-hydrogen) atoms. The van der Waals surface area contributed by atoms with Gasteiger partial charge in [-0.3, -0.25) is 4.79 Å². The Morgan fingerprint density at radius 3 is 2.41 bits per heavy atom. The third-order valence-corrected chi connectivity index (χ3v) is 3.22. The third kappa shape index (κ3) is 2.16. The number of carboxylic acid groups (broad SMARTS) is 1. The maximum absolute atomic E-state index is 11.6. The minimum Gasteiger partial charge on any atom is -0.480 e. The molecule has 0 radical (unpaired) electrons. The molecule has 0 aliphatic carbocycles. The fourth-order valence-electron chi connectivity index (χ4n) is 2.49. The minimum absolute atomic E-state index is 0.102. The van der Waals surface area contributed by atoms with Gasteiger partial charge in [-0.15, -0.1) is 0 Å². The number of nitrogens with zero attached hydrogens (tertiary/aromatic N) is 1. The Morgan fingerprint density at radius 1 is 1.24 bits per heavy atom. The van der Waals surface area contributed by atoms with Crippen LogP contribution < -0.4 is 0 Å². The average molecular weight is 233 g/mol. The smallest absolute Gasteiger partial charge is 0.326 e. The number of hydrogen-bond acceptors (Lipinski definition) is 2. The van der Waals surface area contributed by atoms with Crippen molar-refractivity contribution in [3.05, 3.63) is 35.9 Å². The molecule has 1 amide bonds. The van der Waals surface area contributed by atoms with Crippen molar-refractivity contribution in [2.24, 2.45) is 0 Å². The highest BCUT2D eigenvalue weighted by atomic mass is 16.4. The lowest BCUT2D eigenvalue weighted by Crippen LogP contribution is -2.40. The Bertz CT molecular complexity index is 430. The van der Waals surface area contributed by atoms with Crippen LogP contribution >= 0.6 is 0 Å². The van der Waals surface area contributed by atoms with Crippen molar-refractivity contribution in [3.8, 4) is 0 Å². The van der Waals surface area contributed by atoms with E-state index in [0.29, 0.717) is 12.8 Å². The quantitative estimate of drug-likeness (QED) is 0.847. The van der Waals surface area contributed by atoms with E-state index in [1.165, 1.54) is 11.8 Å². The Labute approximate surface area is 99.9 Å². The Hall–Kier alpha value is -1.84. The van der Waals surface area contributed by atoms with Crippen molar-refractivity contribution in [2.45, 2.75) is 31.8 Å². The molecule has 1 aromatic rings. The van der Waals surface area contributed by atoms with Gasteiger partial charge in [-0.2, -0.15) is 0 Å². The topological polar surface area (TPSA) is 57.6 Å². The number of rotatable bonds is 2. The summed E-state index contributed by atoms with van der Waals surface area (Å²) in [5.41, 5.74) is 1.01. The second-order valence-corrected chi connectivity index (χ2v) is 4.28. The SMILES string of the molecule is CC(=O)N1[C@@H](c2ccccc2)CC[C@H]1C(=O)O. The van der Waals surface area contributed by atoms with E-state index in [-0.39, 0.29) is 11.9 Å². The van der Waals surface area contributed by atoms with E-state index in [2.05, 4.69) is 0 Å². The lowest BCUT2D eigenvalue weighted by atomic mass is 10.0. The van der Waals surface area contributed by atoms with E-state index in [9.17, 15) is 9.59 Å². The molecule has 90 valence electrons. The van der Waals surface area contributed by atoms with Gasteiger partial charge in [-0.1, -0.05) is 30.3 Å². The molecule has 1 aliphatic rings. The number of carbonyl (C=O) groups is 2. The summed E-state index contributed by atoms with van der Waals surface area (Å²) in [7, 11) is 0. The van der Waals surface area contributed by atoms with Crippen molar-refractivity contribution in [3.63, 3.8) is 0 Å². The van der Waals surface area contributed by atoms with E-state index in [1.54, 1.807) is 0 Å². The summed E-state index contributed by atoms with van der Waals surface area (Å²) >= 11 is 0. The van der Waals surface area contributed by atoms with Crippen molar-refractivity contribution in [2.75, 3.05) is 0 Å². The van der Waals surface area contributed by atoms with Gasteiger partial charge in [0.1, 0.15) is 6.04 Å². The summed E-state index contributed by atoms with van der Waals surface area (Å²) < 4.78 is 0. The van der Waals surface area contributed by atoms with Gasteiger partial charge in [-0.05, 0) is 18.4 Å². The van der Waals surface area contributed by atoms with Crippen LogP contribution in [0.15, 0.2) is 30.3 Å². The summed E-state index contributed by atoms with van der Waals surface area (Å²) in [4.78, 5) is 24.2. The molecule has 1 saturated heterocycles. The molecule has 1 N–H and O–H groups in total. The van der Waals surface area contributed by atoms with Gasteiger partial charge in [-0.25, -0.2) is 4.79 Å². The standard InChI is InChI=1S/C13H15NO3/c1-9(15)14-11(7-8-12(14)13(16)17)10-5-3-2-4-6-10/h2-6,11-12H,7-8H2,1H3,(H,16,17)/t11-,12+/m1/s1. The molecule has 0 saturated carbocycles. The van der Waals surface area contributed by atoms with Gasteiger partial charge < -0.3 is 10.0 Å². The van der Waals surface area contributed by atoms with Crippen molar-refractivity contribution < 1.29 is 14.7 Å². The number of aliphatic carboxylic acids is 1. The monoisotopic (exact) mass is 233 g/mol. The maximum Gasteiger partial charge on any atom is 0.326 e. The average Bonchev–Trinajstić information content (AvgIpc) is 2.74. The number of hydrogen-bond donors (Lipinski definition) is 1. The van der Waals surface area contributed by atoms with E-state index in [4.69, 9.17) is 5.11 Å². The van der Waals surface area contributed by atoms with Crippen molar-refractivity contribution in [1.29, 1.82) is 0 Å². The van der Waals surface area contributed by atoms with Crippen LogP contribution in [0.3, 0.4) is 0 Å². The van der Waals surface area contributed by atoms with Gasteiger partial charge in [0.15, 0.2) is 0 Å². The number of carbonyl (C=O) groups excluding carboxylic acids is 1. The van der Waals surface area contributed by atoms with Gasteiger partial charge in [0, 0.05) is 6.92 Å². The first-order valence-electron chi connectivity index (χ1n) is 5.68. The van der Waals surface area contributed by atoms with Gasteiger partial charge in [0.25, 0.3) is 0 Å². The van der Waals surface area contributed by atoms with E-state index in [1.807, 2.05) is 30.3 Å². The predicted octanol–water partition coefficient (Wildman–Crippen LogP) is 1.82. The van der Waals surface area contributed by atoms with Gasteiger partial charge >= 0.3 is 5.97 Å². The molecule has 0 spiro atoms. The Balaban J connectivity index is 2.30. The molecular formula is C13H15NO3. The van der Waals surface area contributed by atoms with E-state index >= 15 is 0 Å². The molecule has 4 nitrogen and oxygen atoms in total. The highest BCUT2D eigenvalue weighted by molar-refractivity contribution is 5.83. The van der Waals surface area contributed by atoms with Gasteiger partial charge in [0.2, 0.25) is 5.91 Å². The second-order valence-electron chi connectivity index (χ2n) is 4.28. The Kier molecular flexibility index (Phi) is 3.13. The summed E-state index contributed by atoms with van der Waals surface area (Å²) in [6, 6.07) is 8.80.